The zero-order chi connectivity index (χ0) is 17.6. The molecular formula is C15H22Cl2N2O3S. The smallest absolute Gasteiger partial charge is 0.221 e. The summed E-state index contributed by atoms with van der Waals surface area (Å²) in [6.07, 6.45) is 1.71. The van der Waals surface area contributed by atoms with Crippen LogP contribution in [0.2, 0.25) is 10.0 Å². The van der Waals surface area contributed by atoms with Crippen molar-refractivity contribution in [3.63, 3.8) is 0 Å². The molecular weight excluding hydrogens is 359 g/mol. The van der Waals surface area contributed by atoms with Crippen molar-refractivity contribution in [1.82, 2.24) is 9.62 Å². The van der Waals surface area contributed by atoms with E-state index in [9.17, 15) is 13.2 Å². The third-order valence-electron chi connectivity index (χ3n) is 3.15. The number of hydrogen-bond acceptors (Lipinski definition) is 3. The van der Waals surface area contributed by atoms with Gasteiger partial charge in [-0.2, -0.15) is 0 Å². The van der Waals surface area contributed by atoms with E-state index in [1.807, 2.05) is 13.8 Å². The van der Waals surface area contributed by atoms with E-state index in [0.29, 0.717) is 16.5 Å². The van der Waals surface area contributed by atoms with Crippen molar-refractivity contribution in [1.29, 1.82) is 0 Å². The third kappa shape index (κ3) is 7.52. The quantitative estimate of drug-likeness (QED) is 0.753. The molecule has 0 aliphatic carbocycles. The minimum absolute atomic E-state index is 0.0297. The number of carbonyl (C=O) groups is 1. The van der Waals surface area contributed by atoms with Crippen LogP contribution in [0.1, 0.15) is 25.8 Å². The second-order valence-corrected chi connectivity index (χ2v) is 8.45. The van der Waals surface area contributed by atoms with Crippen molar-refractivity contribution in [2.75, 3.05) is 19.3 Å². The number of rotatable bonds is 8. The maximum absolute atomic E-state index is 11.9. The van der Waals surface area contributed by atoms with E-state index in [1.165, 1.54) is 4.31 Å². The van der Waals surface area contributed by atoms with Gasteiger partial charge in [-0.15, -0.1) is 0 Å². The molecule has 0 aliphatic heterocycles. The molecule has 0 radical (unpaired) electrons. The normalized spacial score (nSPS) is 12.0. The molecule has 0 fully saturated rings. The molecule has 1 rings (SSSR count). The number of nitrogens with zero attached hydrogens (tertiary/aromatic N) is 1. The van der Waals surface area contributed by atoms with Crippen LogP contribution in [-0.4, -0.2) is 44.0 Å². The maximum atomic E-state index is 11.9. The van der Waals surface area contributed by atoms with Crippen molar-refractivity contribution in [2.24, 2.45) is 0 Å². The Morgan fingerprint density at radius 1 is 1.26 bits per heavy atom. The molecule has 8 heteroatoms. The minimum atomic E-state index is -3.40. The van der Waals surface area contributed by atoms with Crippen LogP contribution in [0, 0.1) is 0 Å². The maximum Gasteiger partial charge on any atom is 0.221 e. The summed E-state index contributed by atoms with van der Waals surface area (Å²) in [4.78, 5) is 11.7. The number of hydrogen-bond donors (Lipinski definition) is 1. The molecule has 0 saturated carbocycles. The molecule has 1 aromatic rings. The number of amides is 1. The Kier molecular flexibility index (Phi) is 7.80. The number of sulfonamides is 1. The van der Waals surface area contributed by atoms with Crippen molar-refractivity contribution >= 4 is 39.1 Å². The van der Waals surface area contributed by atoms with Gasteiger partial charge in [0, 0.05) is 35.6 Å². The lowest BCUT2D eigenvalue weighted by Crippen LogP contribution is -2.37. The molecule has 1 aromatic carbocycles. The fourth-order valence-corrected chi connectivity index (χ4v) is 3.38. The first-order valence-corrected chi connectivity index (χ1v) is 9.88. The summed E-state index contributed by atoms with van der Waals surface area (Å²) in [5, 5.41) is 3.78. The Hall–Kier alpha value is -0.820. The highest BCUT2D eigenvalue weighted by molar-refractivity contribution is 7.88. The molecule has 23 heavy (non-hydrogen) atoms. The monoisotopic (exact) mass is 380 g/mol. The number of halogens is 2. The molecule has 0 unspecified atom stereocenters. The van der Waals surface area contributed by atoms with E-state index in [1.54, 1.807) is 18.2 Å². The Morgan fingerprint density at radius 2 is 1.91 bits per heavy atom. The molecule has 0 heterocycles. The fraction of sp³-hybridized carbons (Fsp3) is 0.533. The summed E-state index contributed by atoms with van der Waals surface area (Å²) in [7, 11) is -3.40. The topological polar surface area (TPSA) is 66.5 Å². The van der Waals surface area contributed by atoms with Crippen molar-refractivity contribution < 1.29 is 13.2 Å². The van der Waals surface area contributed by atoms with E-state index < -0.39 is 10.0 Å². The molecule has 0 atom stereocenters. The van der Waals surface area contributed by atoms with Crippen LogP contribution in [-0.2, 0) is 21.2 Å². The lowest BCUT2D eigenvalue weighted by molar-refractivity contribution is -0.121. The van der Waals surface area contributed by atoms with Gasteiger partial charge in [-0.25, -0.2) is 12.7 Å². The van der Waals surface area contributed by atoms with Gasteiger partial charge in [0.2, 0.25) is 15.9 Å². The van der Waals surface area contributed by atoms with Gasteiger partial charge in [-0.05, 0) is 38.0 Å². The molecule has 1 N–H and O–H groups in total. The number of carbonyl (C=O) groups excluding carboxylic acids is 1. The highest BCUT2D eigenvalue weighted by Gasteiger charge is 2.18. The van der Waals surface area contributed by atoms with Crippen LogP contribution < -0.4 is 5.32 Å². The lowest BCUT2D eigenvalue weighted by atomic mass is 10.1. The Bertz CT molecular complexity index is 648. The van der Waals surface area contributed by atoms with Crippen LogP contribution in [0.3, 0.4) is 0 Å². The first kappa shape index (κ1) is 20.2. The van der Waals surface area contributed by atoms with Crippen LogP contribution in [0.25, 0.3) is 0 Å². The molecule has 0 aromatic heterocycles. The van der Waals surface area contributed by atoms with Gasteiger partial charge in [0.25, 0.3) is 0 Å². The summed E-state index contributed by atoms with van der Waals surface area (Å²) < 4.78 is 25.0. The van der Waals surface area contributed by atoms with Gasteiger partial charge in [-0.3, -0.25) is 4.79 Å². The highest BCUT2D eigenvalue weighted by atomic mass is 35.5. The van der Waals surface area contributed by atoms with Gasteiger partial charge in [0.05, 0.1) is 6.26 Å². The molecule has 0 bridgehead atoms. The van der Waals surface area contributed by atoms with Crippen molar-refractivity contribution in [3.05, 3.63) is 33.8 Å². The zero-order valence-corrected chi connectivity index (χ0v) is 15.8. The molecule has 0 spiro atoms. The van der Waals surface area contributed by atoms with Gasteiger partial charge in [0.15, 0.2) is 0 Å². The zero-order valence-electron chi connectivity index (χ0n) is 13.5. The largest absolute Gasteiger partial charge is 0.354 e. The molecule has 0 aliphatic rings. The van der Waals surface area contributed by atoms with E-state index >= 15 is 0 Å². The molecule has 130 valence electrons. The Labute approximate surface area is 148 Å². The lowest BCUT2D eigenvalue weighted by Gasteiger charge is -2.20. The average Bonchev–Trinajstić information content (AvgIpc) is 2.38. The first-order valence-electron chi connectivity index (χ1n) is 7.28. The summed E-state index contributed by atoms with van der Waals surface area (Å²) in [5.41, 5.74) is 0.816. The van der Waals surface area contributed by atoms with Crippen molar-refractivity contribution in [2.45, 2.75) is 32.7 Å². The van der Waals surface area contributed by atoms with E-state index in [4.69, 9.17) is 23.2 Å². The second kappa shape index (κ2) is 8.87. The molecule has 1 amide bonds. The third-order valence-corrected chi connectivity index (χ3v) is 5.04. The second-order valence-electron chi connectivity index (χ2n) is 5.62. The van der Waals surface area contributed by atoms with E-state index in [-0.39, 0.29) is 31.5 Å². The predicted octanol–water partition coefficient (Wildman–Crippen LogP) is 2.71. The van der Waals surface area contributed by atoms with Gasteiger partial charge < -0.3 is 5.32 Å². The van der Waals surface area contributed by atoms with E-state index in [2.05, 4.69) is 5.32 Å². The summed E-state index contributed by atoms with van der Waals surface area (Å²) in [5.74, 6) is -0.168. The average molecular weight is 381 g/mol. The van der Waals surface area contributed by atoms with E-state index in [0.717, 1.165) is 11.8 Å². The van der Waals surface area contributed by atoms with Gasteiger partial charge in [0.1, 0.15) is 0 Å². The van der Waals surface area contributed by atoms with Crippen molar-refractivity contribution in [3.8, 4) is 0 Å². The standard InChI is InChI=1S/C15H22Cl2N2O3S/c1-11(2)18-15(20)7-9-19(23(3,21)22)8-6-12-4-5-13(16)10-14(12)17/h4-5,10-11H,6-9H2,1-3H3,(H,18,20). The van der Waals surface area contributed by atoms with Gasteiger partial charge in [-0.1, -0.05) is 29.3 Å². The first-order chi connectivity index (χ1) is 10.6. The predicted molar refractivity (Wildman–Crippen MR) is 94.5 cm³/mol. The Balaban J connectivity index is 2.67. The SMILES string of the molecule is CC(C)NC(=O)CCN(CCc1ccc(Cl)cc1Cl)S(C)(=O)=O. The van der Waals surface area contributed by atoms with Crippen LogP contribution in [0.5, 0.6) is 0 Å². The highest BCUT2D eigenvalue weighted by Crippen LogP contribution is 2.21. The number of benzene rings is 1. The van der Waals surface area contributed by atoms with Gasteiger partial charge >= 0.3 is 0 Å². The summed E-state index contributed by atoms with van der Waals surface area (Å²) in [6.45, 7) is 4.11. The Morgan fingerprint density at radius 3 is 2.43 bits per heavy atom. The minimum Gasteiger partial charge on any atom is -0.354 e. The van der Waals surface area contributed by atoms with Crippen LogP contribution >= 0.6 is 23.2 Å². The molecule has 5 nitrogen and oxygen atoms in total. The molecule has 0 saturated heterocycles. The van der Waals surface area contributed by atoms with Crippen LogP contribution in [0.4, 0.5) is 0 Å². The summed E-state index contributed by atoms with van der Waals surface area (Å²) in [6, 6.07) is 5.14. The summed E-state index contributed by atoms with van der Waals surface area (Å²) >= 11 is 11.9. The van der Waals surface area contributed by atoms with Crippen LogP contribution in [0.15, 0.2) is 18.2 Å². The fourth-order valence-electron chi connectivity index (χ4n) is 2.03. The number of nitrogens with one attached hydrogen (secondary N) is 1.